The SMILES string of the molecule is CCOC(=O)C1CCN(C(c2ccccn2)c2cc(C)sc2NC(=O)c2ccco2)CC1. The number of piperidine rings is 1. The number of nitrogens with one attached hydrogen (secondary N) is 1. The largest absolute Gasteiger partial charge is 0.466 e. The molecule has 0 spiro atoms. The van der Waals surface area contributed by atoms with Crippen LogP contribution in [0.4, 0.5) is 5.00 Å². The van der Waals surface area contributed by atoms with Crippen LogP contribution in [0.5, 0.6) is 0 Å². The van der Waals surface area contributed by atoms with Crippen molar-refractivity contribution in [2.75, 3.05) is 25.0 Å². The second-order valence-electron chi connectivity index (χ2n) is 7.79. The van der Waals surface area contributed by atoms with Crippen LogP contribution in [0.3, 0.4) is 0 Å². The minimum atomic E-state index is -0.279. The Labute approximate surface area is 191 Å². The van der Waals surface area contributed by atoms with Crippen molar-refractivity contribution >= 4 is 28.2 Å². The molecular weight excluding hydrogens is 426 g/mol. The standard InChI is InChI=1S/C24H27N3O4S/c1-3-30-24(29)17-9-12-27(13-10-17)21(19-7-4-5-11-25-19)18-15-16(2)32-23(18)26-22(28)20-8-6-14-31-20/h4-8,11,14-15,17,21H,3,9-10,12-13H2,1-2H3,(H,26,28). The summed E-state index contributed by atoms with van der Waals surface area (Å²) >= 11 is 1.54. The van der Waals surface area contributed by atoms with Crippen molar-refractivity contribution < 1.29 is 18.7 Å². The Hall–Kier alpha value is -2.97. The molecule has 168 valence electrons. The number of carbonyl (C=O) groups excluding carboxylic acids is 2. The number of amides is 1. The van der Waals surface area contributed by atoms with Gasteiger partial charge in [0, 0.05) is 16.6 Å². The van der Waals surface area contributed by atoms with Gasteiger partial charge < -0.3 is 14.5 Å². The minimum Gasteiger partial charge on any atom is -0.466 e. The number of carbonyl (C=O) groups is 2. The first-order valence-electron chi connectivity index (χ1n) is 10.8. The summed E-state index contributed by atoms with van der Waals surface area (Å²) in [6, 6.07) is 11.2. The molecule has 1 aliphatic heterocycles. The number of likely N-dealkylation sites (tertiary alicyclic amines) is 1. The van der Waals surface area contributed by atoms with Crippen molar-refractivity contribution in [3.63, 3.8) is 0 Å². The molecule has 1 atom stereocenters. The third-order valence-corrected chi connectivity index (χ3v) is 6.61. The third kappa shape index (κ3) is 4.92. The number of nitrogens with zero attached hydrogens (tertiary/aromatic N) is 2. The molecule has 4 rings (SSSR count). The summed E-state index contributed by atoms with van der Waals surface area (Å²) in [5.41, 5.74) is 1.91. The lowest BCUT2D eigenvalue weighted by Crippen LogP contribution is -2.40. The maximum absolute atomic E-state index is 12.7. The van der Waals surface area contributed by atoms with E-state index in [1.54, 1.807) is 18.3 Å². The van der Waals surface area contributed by atoms with E-state index in [1.165, 1.54) is 17.6 Å². The smallest absolute Gasteiger partial charge is 0.309 e. The van der Waals surface area contributed by atoms with Crippen molar-refractivity contribution in [2.24, 2.45) is 5.92 Å². The van der Waals surface area contributed by atoms with Gasteiger partial charge in [-0.15, -0.1) is 11.3 Å². The molecule has 1 aliphatic rings. The van der Waals surface area contributed by atoms with Crippen LogP contribution in [-0.2, 0) is 9.53 Å². The molecule has 3 aromatic heterocycles. The van der Waals surface area contributed by atoms with Gasteiger partial charge in [0.2, 0.25) is 0 Å². The van der Waals surface area contributed by atoms with E-state index in [2.05, 4.69) is 21.3 Å². The number of pyridine rings is 1. The van der Waals surface area contributed by atoms with Crippen molar-refractivity contribution in [3.05, 3.63) is 70.8 Å². The predicted molar refractivity (Wildman–Crippen MR) is 123 cm³/mol. The Bertz CT molecular complexity index is 1040. The number of hydrogen-bond donors (Lipinski definition) is 1. The maximum Gasteiger partial charge on any atom is 0.309 e. The normalized spacial score (nSPS) is 15.9. The molecule has 4 heterocycles. The van der Waals surface area contributed by atoms with Crippen LogP contribution in [0.25, 0.3) is 0 Å². The van der Waals surface area contributed by atoms with E-state index >= 15 is 0 Å². The van der Waals surface area contributed by atoms with Crippen molar-refractivity contribution in [1.82, 2.24) is 9.88 Å². The molecule has 0 saturated carbocycles. The molecule has 0 bridgehead atoms. The number of aryl methyl sites for hydroxylation is 1. The monoisotopic (exact) mass is 453 g/mol. The van der Waals surface area contributed by atoms with Gasteiger partial charge in [0.15, 0.2) is 5.76 Å². The number of furan rings is 1. The van der Waals surface area contributed by atoms with E-state index in [4.69, 9.17) is 9.15 Å². The van der Waals surface area contributed by atoms with Crippen LogP contribution in [0.2, 0.25) is 0 Å². The van der Waals surface area contributed by atoms with Crippen LogP contribution < -0.4 is 5.32 Å². The molecule has 32 heavy (non-hydrogen) atoms. The Balaban J connectivity index is 1.61. The summed E-state index contributed by atoms with van der Waals surface area (Å²) in [5.74, 6) is -0.192. The lowest BCUT2D eigenvalue weighted by molar-refractivity contribution is -0.149. The number of esters is 1. The van der Waals surface area contributed by atoms with E-state index < -0.39 is 0 Å². The fourth-order valence-electron chi connectivity index (χ4n) is 4.14. The molecule has 0 aliphatic carbocycles. The minimum absolute atomic E-state index is 0.0714. The molecule has 1 amide bonds. The highest BCUT2D eigenvalue weighted by molar-refractivity contribution is 7.16. The molecule has 7 nitrogen and oxygen atoms in total. The first-order chi connectivity index (χ1) is 15.6. The fraction of sp³-hybridized carbons (Fsp3) is 0.375. The maximum atomic E-state index is 12.7. The molecule has 1 saturated heterocycles. The summed E-state index contributed by atoms with van der Waals surface area (Å²) in [4.78, 5) is 32.9. The second kappa shape index (κ2) is 10.1. The van der Waals surface area contributed by atoms with Crippen LogP contribution in [-0.4, -0.2) is 41.5 Å². The van der Waals surface area contributed by atoms with Crippen molar-refractivity contribution in [2.45, 2.75) is 32.7 Å². The summed E-state index contributed by atoms with van der Waals surface area (Å²) in [6.45, 7) is 5.75. The Morgan fingerprint density at radius 1 is 1.28 bits per heavy atom. The van der Waals surface area contributed by atoms with Gasteiger partial charge >= 0.3 is 5.97 Å². The molecule has 1 unspecified atom stereocenters. The number of thiophene rings is 1. The van der Waals surface area contributed by atoms with E-state index in [0.717, 1.165) is 47.1 Å². The van der Waals surface area contributed by atoms with E-state index in [1.807, 2.05) is 32.0 Å². The number of rotatable bonds is 7. The predicted octanol–water partition coefficient (Wildman–Crippen LogP) is 4.66. The van der Waals surface area contributed by atoms with E-state index in [0.29, 0.717) is 6.61 Å². The number of anilines is 1. The second-order valence-corrected chi connectivity index (χ2v) is 9.05. The number of aromatic nitrogens is 1. The summed E-state index contributed by atoms with van der Waals surface area (Å²) in [7, 11) is 0. The lowest BCUT2D eigenvalue weighted by Gasteiger charge is -2.36. The highest BCUT2D eigenvalue weighted by Gasteiger charge is 2.33. The summed E-state index contributed by atoms with van der Waals surface area (Å²) < 4.78 is 10.5. The zero-order chi connectivity index (χ0) is 22.5. The van der Waals surface area contributed by atoms with Gasteiger partial charge in [0.1, 0.15) is 5.00 Å². The van der Waals surface area contributed by atoms with Gasteiger partial charge in [0.05, 0.1) is 30.5 Å². The van der Waals surface area contributed by atoms with Crippen LogP contribution in [0, 0.1) is 12.8 Å². The molecule has 3 aromatic rings. The van der Waals surface area contributed by atoms with Crippen LogP contribution >= 0.6 is 11.3 Å². The van der Waals surface area contributed by atoms with Gasteiger partial charge in [-0.3, -0.25) is 19.5 Å². The number of ether oxygens (including phenoxy) is 1. The highest BCUT2D eigenvalue weighted by Crippen LogP contribution is 2.40. The average molecular weight is 454 g/mol. The van der Waals surface area contributed by atoms with E-state index in [-0.39, 0.29) is 29.6 Å². The zero-order valence-electron chi connectivity index (χ0n) is 18.2. The van der Waals surface area contributed by atoms with Crippen molar-refractivity contribution in [1.29, 1.82) is 0 Å². The average Bonchev–Trinajstić information content (AvgIpc) is 3.46. The topological polar surface area (TPSA) is 84.7 Å². The van der Waals surface area contributed by atoms with E-state index in [9.17, 15) is 9.59 Å². The molecule has 1 fully saturated rings. The van der Waals surface area contributed by atoms with Crippen LogP contribution in [0.15, 0.2) is 53.3 Å². The number of hydrogen-bond acceptors (Lipinski definition) is 7. The first kappa shape index (κ1) is 22.2. The van der Waals surface area contributed by atoms with Gasteiger partial charge in [-0.05, 0) is 70.1 Å². The van der Waals surface area contributed by atoms with Gasteiger partial charge in [-0.2, -0.15) is 0 Å². The fourth-order valence-corrected chi connectivity index (χ4v) is 5.08. The molecule has 8 heteroatoms. The van der Waals surface area contributed by atoms with Gasteiger partial charge in [-0.1, -0.05) is 6.07 Å². The first-order valence-corrected chi connectivity index (χ1v) is 11.6. The Morgan fingerprint density at radius 3 is 2.75 bits per heavy atom. The molecule has 0 radical (unpaired) electrons. The molecular formula is C24H27N3O4S. The van der Waals surface area contributed by atoms with Crippen molar-refractivity contribution in [3.8, 4) is 0 Å². The summed E-state index contributed by atoms with van der Waals surface area (Å²) in [5, 5.41) is 3.81. The van der Waals surface area contributed by atoms with Gasteiger partial charge in [-0.25, -0.2) is 0 Å². The molecule has 0 aromatic carbocycles. The highest BCUT2D eigenvalue weighted by atomic mass is 32.1. The quantitative estimate of drug-likeness (QED) is 0.524. The third-order valence-electron chi connectivity index (χ3n) is 5.63. The van der Waals surface area contributed by atoms with Crippen LogP contribution in [0.1, 0.15) is 52.5 Å². The van der Waals surface area contributed by atoms with Gasteiger partial charge in [0.25, 0.3) is 5.91 Å². The Kier molecular flexibility index (Phi) is 7.02. The zero-order valence-corrected chi connectivity index (χ0v) is 19.1. The summed E-state index contributed by atoms with van der Waals surface area (Å²) in [6.07, 6.45) is 4.74. The lowest BCUT2D eigenvalue weighted by atomic mass is 9.93. The Morgan fingerprint density at radius 2 is 2.09 bits per heavy atom. The molecule has 1 N–H and O–H groups in total.